The van der Waals surface area contributed by atoms with Gasteiger partial charge in [0.05, 0.1) is 5.75 Å². The van der Waals surface area contributed by atoms with E-state index in [1.165, 1.54) is 6.07 Å². The van der Waals surface area contributed by atoms with E-state index >= 15 is 0 Å². The first-order chi connectivity index (χ1) is 13.5. The maximum atomic E-state index is 12.3. The van der Waals surface area contributed by atoms with E-state index in [9.17, 15) is 18.0 Å². The summed E-state index contributed by atoms with van der Waals surface area (Å²) in [5.41, 5.74) is 0.104. The summed E-state index contributed by atoms with van der Waals surface area (Å²) in [5.74, 6) is -0.198. The van der Waals surface area contributed by atoms with Gasteiger partial charge < -0.3 is 14.8 Å². The van der Waals surface area contributed by atoms with Crippen molar-refractivity contribution in [2.75, 3.05) is 30.7 Å². The summed E-state index contributed by atoms with van der Waals surface area (Å²) < 4.78 is 36.9. The highest BCUT2D eigenvalue weighted by Crippen LogP contribution is 2.15. The van der Waals surface area contributed by atoms with E-state index in [0.29, 0.717) is 24.3 Å². The third-order valence-electron chi connectivity index (χ3n) is 3.74. The average molecular weight is 429 g/mol. The van der Waals surface area contributed by atoms with Gasteiger partial charge in [0, 0.05) is 37.9 Å². The molecule has 164 valence electrons. The molecule has 1 rings (SSSR count). The number of benzene rings is 1. The van der Waals surface area contributed by atoms with Crippen LogP contribution in [0.5, 0.6) is 0 Å². The van der Waals surface area contributed by atoms with E-state index in [1.54, 1.807) is 46.1 Å². The number of carbonyl (C=O) groups excluding carboxylic acids is 2. The summed E-state index contributed by atoms with van der Waals surface area (Å²) in [4.78, 5) is 23.9. The van der Waals surface area contributed by atoms with Crippen LogP contribution < -0.4 is 10.0 Å². The normalized spacial score (nSPS) is 11.7. The molecule has 0 aliphatic heterocycles. The zero-order valence-corrected chi connectivity index (χ0v) is 18.4. The molecule has 2 N–H and O–H groups in total. The molecule has 9 heteroatoms. The van der Waals surface area contributed by atoms with Crippen LogP contribution in [-0.4, -0.2) is 51.9 Å². The number of Topliss-reactive ketones (excluding diaryl/α,β-unsaturated/α-hetero) is 1. The SMILES string of the molecule is COCCCCCS(=O)(=O)Nc1cccc(C(=O)CCNC(=O)OC(C)(C)C)c1. The molecule has 0 saturated carbocycles. The van der Waals surface area contributed by atoms with Gasteiger partial charge in [0.25, 0.3) is 0 Å². The summed E-state index contributed by atoms with van der Waals surface area (Å²) in [7, 11) is -1.87. The molecule has 0 bridgehead atoms. The first kappa shape index (κ1) is 24.9. The van der Waals surface area contributed by atoms with Gasteiger partial charge in [0.1, 0.15) is 5.60 Å². The molecule has 0 aromatic heterocycles. The molecule has 0 aliphatic carbocycles. The van der Waals surface area contributed by atoms with E-state index in [-0.39, 0.29) is 24.5 Å². The van der Waals surface area contributed by atoms with Gasteiger partial charge in [-0.2, -0.15) is 0 Å². The molecule has 0 fully saturated rings. The van der Waals surface area contributed by atoms with Gasteiger partial charge in [0.15, 0.2) is 5.78 Å². The quantitative estimate of drug-likeness (QED) is 0.390. The zero-order valence-electron chi connectivity index (χ0n) is 17.6. The molecule has 0 spiro atoms. The fraction of sp³-hybridized carbons (Fsp3) is 0.600. The summed E-state index contributed by atoms with van der Waals surface area (Å²) in [5, 5.41) is 2.53. The molecule has 0 atom stereocenters. The number of nitrogens with one attached hydrogen (secondary N) is 2. The number of carbonyl (C=O) groups is 2. The van der Waals surface area contributed by atoms with Crippen LogP contribution in [0.3, 0.4) is 0 Å². The number of hydrogen-bond acceptors (Lipinski definition) is 6. The van der Waals surface area contributed by atoms with Crippen molar-refractivity contribution in [1.29, 1.82) is 0 Å². The highest BCUT2D eigenvalue weighted by molar-refractivity contribution is 7.92. The zero-order chi connectivity index (χ0) is 21.9. The number of ether oxygens (including phenoxy) is 2. The van der Waals surface area contributed by atoms with E-state index in [4.69, 9.17) is 9.47 Å². The molecule has 1 amide bonds. The lowest BCUT2D eigenvalue weighted by atomic mass is 10.1. The van der Waals surface area contributed by atoms with Gasteiger partial charge in [-0.15, -0.1) is 0 Å². The van der Waals surface area contributed by atoms with Crippen LogP contribution in [0.15, 0.2) is 24.3 Å². The Morgan fingerprint density at radius 3 is 2.48 bits per heavy atom. The Morgan fingerprint density at radius 1 is 1.10 bits per heavy atom. The summed E-state index contributed by atoms with van der Waals surface area (Å²) in [6.07, 6.45) is 1.60. The van der Waals surface area contributed by atoms with Crippen LogP contribution in [-0.2, 0) is 19.5 Å². The standard InChI is InChI=1S/C20H32N2O6S/c1-20(2,3)28-19(24)21-12-11-18(23)16-9-8-10-17(15-16)22-29(25,26)14-7-5-6-13-27-4/h8-10,15,22H,5-7,11-14H2,1-4H3,(H,21,24). The van der Waals surface area contributed by atoms with Crippen molar-refractivity contribution in [2.45, 2.75) is 52.1 Å². The summed E-state index contributed by atoms with van der Waals surface area (Å²) >= 11 is 0. The highest BCUT2D eigenvalue weighted by Gasteiger charge is 2.16. The minimum Gasteiger partial charge on any atom is -0.444 e. The van der Waals surface area contributed by atoms with Crippen molar-refractivity contribution < 1.29 is 27.5 Å². The van der Waals surface area contributed by atoms with Crippen molar-refractivity contribution in [3.63, 3.8) is 0 Å². The molecule has 1 aromatic carbocycles. The Bertz CT molecular complexity index is 771. The van der Waals surface area contributed by atoms with Crippen LogP contribution in [0.2, 0.25) is 0 Å². The number of alkyl carbamates (subject to hydrolysis) is 1. The Labute approximate surface area is 173 Å². The molecule has 0 heterocycles. The van der Waals surface area contributed by atoms with E-state index < -0.39 is 21.7 Å². The molecule has 8 nitrogen and oxygen atoms in total. The van der Waals surface area contributed by atoms with Crippen molar-refractivity contribution in [2.24, 2.45) is 0 Å². The largest absolute Gasteiger partial charge is 0.444 e. The number of sulfonamides is 1. The first-order valence-corrected chi connectivity index (χ1v) is 11.3. The van der Waals surface area contributed by atoms with Gasteiger partial charge in [-0.25, -0.2) is 13.2 Å². The average Bonchev–Trinajstić information content (AvgIpc) is 2.59. The van der Waals surface area contributed by atoms with Gasteiger partial charge in [-0.1, -0.05) is 18.6 Å². The minimum atomic E-state index is -3.49. The topological polar surface area (TPSA) is 111 Å². The number of ketones is 1. The van der Waals surface area contributed by atoms with E-state index in [2.05, 4.69) is 10.0 Å². The van der Waals surface area contributed by atoms with Crippen LogP contribution in [0.1, 0.15) is 56.8 Å². The first-order valence-electron chi connectivity index (χ1n) is 9.62. The number of anilines is 1. The molecule has 0 aliphatic rings. The molecular formula is C20H32N2O6S. The van der Waals surface area contributed by atoms with E-state index in [0.717, 1.165) is 12.8 Å². The third kappa shape index (κ3) is 11.5. The molecule has 0 radical (unpaired) electrons. The number of amides is 1. The molecule has 29 heavy (non-hydrogen) atoms. The molecule has 1 aromatic rings. The summed E-state index contributed by atoms with van der Waals surface area (Å²) in [6, 6.07) is 6.32. The van der Waals surface area contributed by atoms with Crippen molar-refractivity contribution in [1.82, 2.24) is 5.32 Å². The smallest absolute Gasteiger partial charge is 0.407 e. The minimum absolute atomic E-state index is 0.00863. The van der Waals surface area contributed by atoms with Crippen LogP contribution in [0, 0.1) is 0 Å². The van der Waals surface area contributed by atoms with Crippen molar-refractivity contribution >= 4 is 27.6 Å². The second-order valence-corrected chi connectivity index (χ2v) is 9.50. The Kier molecular flexibility index (Phi) is 10.1. The van der Waals surface area contributed by atoms with E-state index in [1.807, 2.05) is 0 Å². The predicted molar refractivity (Wildman–Crippen MR) is 113 cm³/mol. The van der Waals surface area contributed by atoms with Gasteiger partial charge in [-0.3, -0.25) is 9.52 Å². The third-order valence-corrected chi connectivity index (χ3v) is 5.11. The van der Waals surface area contributed by atoms with Gasteiger partial charge in [0.2, 0.25) is 10.0 Å². The number of hydrogen-bond donors (Lipinski definition) is 2. The molecule has 0 saturated heterocycles. The maximum Gasteiger partial charge on any atom is 0.407 e. The second kappa shape index (κ2) is 11.8. The maximum absolute atomic E-state index is 12.3. The Balaban J connectivity index is 2.52. The number of unbranched alkanes of at least 4 members (excludes halogenated alkanes) is 2. The van der Waals surface area contributed by atoms with Gasteiger partial charge >= 0.3 is 6.09 Å². The van der Waals surface area contributed by atoms with Crippen molar-refractivity contribution in [3.05, 3.63) is 29.8 Å². The van der Waals surface area contributed by atoms with Crippen LogP contribution in [0.4, 0.5) is 10.5 Å². The molecule has 0 unspecified atom stereocenters. The number of methoxy groups -OCH3 is 1. The lowest BCUT2D eigenvalue weighted by molar-refractivity contribution is 0.0527. The Morgan fingerprint density at radius 2 is 1.83 bits per heavy atom. The lowest BCUT2D eigenvalue weighted by Crippen LogP contribution is -2.33. The number of rotatable bonds is 12. The van der Waals surface area contributed by atoms with Gasteiger partial charge in [-0.05, 0) is 45.7 Å². The fourth-order valence-corrected chi connectivity index (χ4v) is 3.61. The van der Waals surface area contributed by atoms with Crippen LogP contribution in [0.25, 0.3) is 0 Å². The monoisotopic (exact) mass is 428 g/mol. The van der Waals surface area contributed by atoms with Crippen molar-refractivity contribution in [3.8, 4) is 0 Å². The Hall–Kier alpha value is -2.13. The predicted octanol–water partition coefficient (Wildman–Crippen LogP) is 3.34. The summed E-state index contributed by atoms with van der Waals surface area (Å²) in [6.45, 7) is 6.00. The fourth-order valence-electron chi connectivity index (χ4n) is 2.44. The van der Waals surface area contributed by atoms with Crippen LogP contribution >= 0.6 is 0 Å². The lowest BCUT2D eigenvalue weighted by Gasteiger charge is -2.19. The highest BCUT2D eigenvalue weighted by atomic mass is 32.2. The molecular weight excluding hydrogens is 396 g/mol. The second-order valence-electron chi connectivity index (χ2n) is 7.66.